The molecule has 0 aliphatic rings. The minimum Gasteiger partial charge on any atom is -0.311 e. The van der Waals surface area contributed by atoms with E-state index in [4.69, 9.17) is 5.10 Å². The Bertz CT molecular complexity index is 882. The number of aromatic nitrogens is 2. The van der Waals surface area contributed by atoms with E-state index >= 15 is 0 Å². The average molecular weight is 376 g/mol. The molecule has 3 aromatic rings. The molecule has 1 amide bonds. The Hall–Kier alpha value is -2.88. The van der Waals surface area contributed by atoms with Crippen LogP contribution in [0.4, 0.5) is 5.82 Å². The lowest BCUT2D eigenvalue weighted by Gasteiger charge is -2.08. The first kappa shape index (κ1) is 19.9. The molecule has 1 aromatic heterocycles. The standard InChI is InChI=1S/C24H29N3O/c1-3-4-5-6-10-13-24(28)25-23-18-22(20-16-14-19(2)15-17-20)26-27(23)21-11-8-7-9-12-21/h7-9,11-12,14-18H,3-6,10,13H2,1-2H3,(H,25,28). The fourth-order valence-electron chi connectivity index (χ4n) is 3.20. The third kappa shape index (κ3) is 5.32. The second-order valence-electron chi connectivity index (χ2n) is 7.24. The fourth-order valence-corrected chi connectivity index (χ4v) is 3.20. The van der Waals surface area contributed by atoms with Crippen LogP contribution in [0.15, 0.2) is 60.7 Å². The molecule has 2 aromatic carbocycles. The summed E-state index contributed by atoms with van der Waals surface area (Å²) in [6.45, 7) is 4.27. The number of hydrogen-bond donors (Lipinski definition) is 1. The second-order valence-corrected chi connectivity index (χ2v) is 7.24. The SMILES string of the molecule is CCCCCCCC(=O)Nc1cc(-c2ccc(C)cc2)nn1-c1ccccc1. The first-order valence-corrected chi connectivity index (χ1v) is 10.2. The summed E-state index contributed by atoms with van der Waals surface area (Å²) < 4.78 is 1.81. The molecule has 0 radical (unpaired) electrons. The zero-order chi connectivity index (χ0) is 19.8. The van der Waals surface area contributed by atoms with Crippen LogP contribution in [0.3, 0.4) is 0 Å². The third-order valence-corrected chi connectivity index (χ3v) is 4.83. The summed E-state index contributed by atoms with van der Waals surface area (Å²) in [7, 11) is 0. The summed E-state index contributed by atoms with van der Waals surface area (Å²) >= 11 is 0. The number of carbonyl (C=O) groups is 1. The maximum atomic E-state index is 12.5. The maximum Gasteiger partial charge on any atom is 0.225 e. The summed E-state index contributed by atoms with van der Waals surface area (Å²) in [5.74, 6) is 0.754. The molecule has 0 unspecified atom stereocenters. The van der Waals surface area contributed by atoms with Crippen molar-refractivity contribution >= 4 is 11.7 Å². The van der Waals surface area contributed by atoms with Crippen LogP contribution >= 0.6 is 0 Å². The largest absolute Gasteiger partial charge is 0.311 e. The van der Waals surface area contributed by atoms with E-state index in [9.17, 15) is 4.79 Å². The Morgan fingerprint density at radius 3 is 2.39 bits per heavy atom. The highest BCUT2D eigenvalue weighted by molar-refractivity contribution is 5.90. The number of amides is 1. The topological polar surface area (TPSA) is 46.9 Å². The smallest absolute Gasteiger partial charge is 0.225 e. The number of carbonyl (C=O) groups excluding carboxylic acids is 1. The third-order valence-electron chi connectivity index (χ3n) is 4.83. The van der Waals surface area contributed by atoms with E-state index in [1.807, 2.05) is 41.1 Å². The van der Waals surface area contributed by atoms with Gasteiger partial charge in [0.25, 0.3) is 0 Å². The van der Waals surface area contributed by atoms with Crippen LogP contribution in [0.2, 0.25) is 0 Å². The van der Waals surface area contributed by atoms with Crippen molar-refractivity contribution in [1.29, 1.82) is 0 Å². The van der Waals surface area contributed by atoms with Gasteiger partial charge >= 0.3 is 0 Å². The molecular weight excluding hydrogens is 346 g/mol. The monoisotopic (exact) mass is 375 g/mol. The second kappa shape index (κ2) is 9.88. The lowest BCUT2D eigenvalue weighted by Crippen LogP contribution is -2.14. The Morgan fingerprint density at radius 2 is 1.68 bits per heavy atom. The first-order chi connectivity index (χ1) is 13.7. The summed E-state index contributed by atoms with van der Waals surface area (Å²) in [6, 6.07) is 20.1. The van der Waals surface area contributed by atoms with Crippen molar-refractivity contribution in [3.05, 3.63) is 66.2 Å². The van der Waals surface area contributed by atoms with Gasteiger partial charge in [-0.05, 0) is 25.5 Å². The van der Waals surface area contributed by atoms with Crippen LogP contribution < -0.4 is 5.32 Å². The molecule has 28 heavy (non-hydrogen) atoms. The summed E-state index contributed by atoms with van der Waals surface area (Å²) in [6.07, 6.45) is 6.23. The van der Waals surface area contributed by atoms with Gasteiger partial charge in [-0.25, -0.2) is 4.68 Å². The van der Waals surface area contributed by atoms with Gasteiger partial charge in [-0.1, -0.05) is 80.6 Å². The maximum absolute atomic E-state index is 12.5. The quantitative estimate of drug-likeness (QED) is 0.456. The van der Waals surface area contributed by atoms with E-state index in [2.05, 4.69) is 43.4 Å². The minimum absolute atomic E-state index is 0.0454. The summed E-state index contributed by atoms with van der Waals surface area (Å²) in [5, 5.41) is 7.82. The number of anilines is 1. The molecule has 4 nitrogen and oxygen atoms in total. The molecule has 0 bridgehead atoms. The van der Waals surface area contributed by atoms with E-state index in [0.717, 1.165) is 29.8 Å². The highest BCUT2D eigenvalue weighted by Gasteiger charge is 2.13. The Balaban J connectivity index is 1.78. The average Bonchev–Trinajstić information content (AvgIpc) is 3.12. The lowest BCUT2D eigenvalue weighted by molar-refractivity contribution is -0.116. The number of nitrogens with one attached hydrogen (secondary N) is 1. The molecule has 4 heteroatoms. The van der Waals surface area contributed by atoms with Gasteiger partial charge in [0.05, 0.1) is 11.4 Å². The van der Waals surface area contributed by atoms with E-state index in [1.54, 1.807) is 0 Å². The lowest BCUT2D eigenvalue weighted by atomic mass is 10.1. The van der Waals surface area contributed by atoms with Crippen LogP contribution in [0, 0.1) is 6.92 Å². The van der Waals surface area contributed by atoms with Gasteiger partial charge in [-0.3, -0.25) is 4.79 Å². The van der Waals surface area contributed by atoms with E-state index in [0.29, 0.717) is 12.2 Å². The normalized spacial score (nSPS) is 10.8. The van der Waals surface area contributed by atoms with Gasteiger partial charge in [0.15, 0.2) is 0 Å². The minimum atomic E-state index is 0.0454. The molecule has 1 N–H and O–H groups in total. The molecule has 0 saturated heterocycles. The predicted octanol–water partition coefficient (Wildman–Crippen LogP) is 6.15. The van der Waals surface area contributed by atoms with Crippen LogP contribution in [0.1, 0.15) is 51.0 Å². The molecule has 0 aliphatic heterocycles. The number of unbranched alkanes of at least 4 members (excludes halogenated alkanes) is 4. The molecule has 0 aliphatic carbocycles. The van der Waals surface area contributed by atoms with Gasteiger partial charge < -0.3 is 5.32 Å². The van der Waals surface area contributed by atoms with Gasteiger partial charge in [0, 0.05) is 18.1 Å². The number of rotatable bonds is 9. The van der Waals surface area contributed by atoms with Crippen molar-refractivity contribution in [3.63, 3.8) is 0 Å². The Morgan fingerprint density at radius 1 is 0.964 bits per heavy atom. The number of para-hydroxylation sites is 1. The van der Waals surface area contributed by atoms with E-state index in [-0.39, 0.29) is 5.91 Å². The van der Waals surface area contributed by atoms with Crippen LogP contribution in [-0.4, -0.2) is 15.7 Å². The Labute approximate surface area is 167 Å². The van der Waals surface area contributed by atoms with Gasteiger partial charge in [0.1, 0.15) is 5.82 Å². The predicted molar refractivity (Wildman–Crippen MR) is 116 cm³/mol. The fraction of sp³-hybridized carbons (Fsp3) is 0.333. The number of aryl methyl sites for hydroxylation is 1. The van der Waals surface area contributed by atoms with Crippen molar-refractivity contribution in [1.82, 2.24) is 9.78 Å². The zero-order valence-corrected chi connectivity index (χ0v) is 16.8. The molecule has 146 valence electrons. The van der Waals surface area contributed by atoms with Crippen molar-refractivity contribution in [3.8, 4) is 16.9 Å². The summed E-state index contributed by atoms with van der Waals surface area (Å²) in [5.41, 5.74) is 4.03. The van der Waals surface area contributed by atoms with E-state index < -0.39 is 0 Å². The van der Waals surface area contributed by atoms with E-state index in [1.165, 1.54) is 24.8 Å². The molecule has 1 heterocycles. The highest BCUT2D eigenvalue weighted by Crippen LogP contribution is 2.25. The first-order valence-electron chi connectivity index (χ1n) is 10.2. The van der Waals surface area contributed by atoms with Crippen LogP contribution in [0.25, 0.3) is 16.9 Å². The summed E-state index contributed by atoms with van der Waals surface area (Å²) in [4.78, 5) is 12.5. The molecule has 0 fully saturated rings. The van der Waals surface area contributed by atoms with Crippen molar-refractivity contribution in [2.45, 2.75) is 52.4 Å². The molecule has 0 atom stereocenters. The highest BCUT2D eigenvalue weighted by atomic mass is 16.1. The Kier molecular flexibility index (Phi) is 7.01. The molecule has 3 rings (SSSR count). The number of nitrogens with zero attached hydrogens (tertiary/aromatic N) is 2. The zero-order valence-electron chi connectivity index (χ0n) is 16.8. The van der Waals surface area contributed by atoms with Gasteiger partial charge in [-0.15, -0.1) is 0 Å². The number of benzene rings is 2. The van der Waals surface area contributed by atoms with Crippen molar-refractivity contribution in [2.24, 2.45) is 0 Å². The number of hydrogen-bond acceptors (Lipinski definition) is 2. The van der Waals surface area contributed by atoms with Crippen LogP contribution in [-0.2, 0) is 4.79 Å². The van der Waals surface area contributed by atoms with Crippen LogP contribution in [0.5, 0.6) is 0 Å². The van der Waals surface area contributed by atoms with Gasteiger partial charge in [0.2, 0.25) is 5.91 Å². The molecular formula is C24H29N3O. The van der Waals surface area contributed by atoms with Crippen molar-refractivity contribution in [2.75, 3.05) is 5.32 Å². The van der Waals surface area contributed by atoms with Crippen molar-refractivity contribution < 1.29 is 4.79 Å². The van der Waals surface area contributed by atoms with Gasteiger partial charge in [-0.2, -0.15) is 5.10 Å². The molecule has 0 saturated carbocycles. The molecule has 0 spiro atoms.